The van der Waals surface area contributed by atoms with Gasteiger partial charge >= 0.3 is 11.8 Å². The molecular formula is C17H19NO8S. The van der Waals surface area contributed by atoms with Gasteiger partial charge in [0.2, 0.25) is 5.91 Å². The molecule has 1 aromatic rings. The van der Waals surface area contributed by atoms with Crippen LogP contribution in [0.3, 0.4) is 0 Å². The smallest absolute Gasteiger partial charge is 0.453 e. The van der Waals surface area contributed by atoms with Crippen LogP contribution in [0.4, 0.5) is 0 Å². The van der Waals surface area contributed by atoms with Crippen LogP contribution in [0, 0.1) is 12.8 Å². The average Bonchev–Trinajstić information content (AvgIpc) is 3.29. The molecule has 1 amide bonds. The molecular weight excluding hydrogens is 378 g/mol. The number of carbonyl (C=O) groups excluding carboxylic acids is 2. The Bertz CT molecular complexity index is 863. The summed E-state index contributed by atoms with van der Waals surface area (Å²) in [5, 5.41) is 9.53. The standard InChI is InChI=1S/C17H19NO8S/c1-7(19)11-14(20)18-12(13(27-15(11)18)9-4-3-5-23-9)16(21)24-6-10-8(2)25-17(22)26-10/h7,9,11,15,19H,3-6H2,1-2H3/t7-,9-,11-,15+/m0/s1. The number of nitrogens with zero attached hydrogens (tertiary/aromatic N) is 1. The van der Waals surface area contributed by atoms with Gasteiger partial charge in [0.1, 0.15) is 11.1 Å². The number of esters is 1. The van der Waals surface area contributed by atoms with Gasteiger partial charge in [0, 0.05) is 11.5 Å². The molecule has 146 valence electrons. The Kier molecular flexibility index (Phi) is 4.65. The summed E-state index contributed by atoms with van der Waals surface area (Å²) >= 11 is 1.37. The number of rotatable bonds is 5. The maximum atomic E-state index is 12.8. The minimum absolute atomic E-state index is 0.117. The molecule has 0 bridgehead atoms. The Hall–Kier alpha value is -2.04. The Morgan fingerprint density at radius 3 is 2.78 bits per heavy atom. The zero-order chi connectivity index (χ0) is 19.3. The van der Waals surface area contributed by atoms with E-state index >= 15 is 0 Å². The molecule has 1 aromatic heterocycles. The van der Waals surface area contributed by atoms with Crippen molar-refractivity contribution in [2.45, 2.75) is 50.9 Å². The van der Waals surface area contributed by atoms with Crippen molar-refractivity contribution in [2.75, 3.05) is 6.61 Å². The van der Waals surface area contributed by atoms with Gasteiger partial charge in [0.05, 0.1) is 18.1 Å². The van der Waals surface area contributed by atoms with Crippen LogP contribution < -0.4 is 5.82 Å². The van der Waals surface area contributed by atoms with E-state index in [1.165, 1.54) is 23.6 Å². The van der Waals surface area contributed by atoms with E-state index in [4.69, 9.17) is 18.3 Å². The maximum Gasteiger partial charge on any atom is 0.519 e. The van der Waals surface area contributed by atoms with Gasteiger partial charge in [0.15, 0.2) is 18.1 Å². The molecule has 10 heteroatoms. The first kappa shape index (κ1) is 18.3. The summed E-state index contributed by atoms with van der Waals surface area (Å²) < 4.78 is 20.5. The maximum absolute atomic E-state index is 12.8. The molecule has 4 heterocycles. The number of aliphatic hydroxyl groups is 1. The van der Waals surface area contributed by atoms with E-state index in [1.54, 1.807) is 6.92 Å². The minimum atomic E-state index is -0.869. The van der Waals surface area contributed by atoms with Crippen LogP contribution in [0.15, 0.2) is 24.2 Å². The van der Waals surface area contributed by atoms with Crippen molar-refractivity contribution in [3.8, 4) is 0 Å². The molecule has 0 spiro atoms. The molecule has 4 rings (SSSR count). The van der Waals surface area contributed by atoms with Gasteiger partial charge < -0.3 is 23.4 Å². The molecule has 0 aliphatic carbocycles. The third-order valence-electron chi connectivity index (χ3n) is 4.91. The van der Waals surface area contributed by atoms with Gasteiger partial charge in [-0.3, -0.25) is 9.69 Å². The van der Waals surface area contributed by atoms with Gasteiger partial charge in [-0.1, -0.05) is 11.8 Å². The molecule has 3 aliphatic rings. The van der Waals surface area contributed by atoms with E-state index < -0.39 is 23.8 Å². The molecule has 0 radical (unpaired) electrons. The van der Waals surface area contributed by atoms with Gasteiger partial charge in [-0.2, -0.15) is 0 Å². The predicted octanol–water partition coefficient (Wildman–Crippen LogP) is 0.887. The average molecular weight is 397 g/mol. The minimum Gasteiger partial charge on any atom is -0.453 e. The van der Waals surface area contributed by atoms with Crippen LogP contribution in [0.25, 0.3) is 0 Å². The quantitative estimate of drug-likeness (QED) is 0.570. The van der Waals surface area contributed by atoms with E-state index in [1.807, 2.05) is 0 Å². The van der Waals surface area contributed by atoms with Gasteiger partial charge in [-0.15, -0.1) is 0 Å². The monoisotopic (exact) mass is 397 g/mol. The Morgan fingerprint density at radius 1 is 1.41 bits per heavy atom. The second kappa shape index (κ2) is 6.84. The highest BCUT2D eigenvalue weighted by molar-refractivity contribution is 8.04. The zero-order valence-corrected chi connectivity index (χ0v) is 15.6. The highest BCUT2D eigenvalue weighted by atomic mass is 32.2. The molecule has 3 aliphatic heterocycles. The highest BCUT2D eigenvalue weighted by Gasteiger charge is 2.58. The van der Waals surface area contributed by atoms with Crippen LogP contribution in [0.5, 0.6) is 0 Å². The molecule has 9 nitrogen and oxygen atoms in total. The fourth-order valence-corrected chi connectivity index (χ4v) is 5.21. The molecule has 4 atom stereocenters. The molecule has 0 aromatic carbocycles. The first-order chi connectivity index (χ1) is 12.9. The van der Waals surface area contributed by atoms with Crippen molar-refractivity contribution in [3.05, 3.63) is 32.7 Å². The summed E-state index contributed by atoms with van der Waals surface area (Å²) in [5.74, 6) is -2.09. The topological polar surface area (TPSA) is 119 Å². The fourth-order valence-electron chi connectivity index (χ4n) is 3.52. The van der Waals surface area contributed by atoms with Gasteiger partial charge in [-0.05, 0) is 26.7 Å². The highest BCUT2D eigenvalue weighted by Crippen LogP contribution is 2.52. The molecule has 0 saturated carbocycles. The lowest BCUT2D eigenvalue weighted by atomic mass is 9.92. The molecule has 2 saturated heterocycles. The summed E-state index contributed by atoms with van der Waals surface area (Å²) in [4.78, 5) is 38.4. The lowest BCUT2D eigenvalue weighted by molar-refractivity contribution is -0.158. The number of β-lactam (4-membered cyclic amide) rings is 1. The van der Waals surface area contributed by atoms with Crippen molar-refractivity contribution in [2.24, 2.45) is 5.92 Å². The lowest BCUT2D eigenvalue weighted by Crippen LogP contribution is -2.60. The van der Waals surface area contributed by atoms with Gasteiger partial charge in [0.25, 0.3) is 0 Å². The predicted molar refractivity (Wildman–Crippen MR) is 91.2 cm³/mol. The van der Waals surface area contributed by atoms with Crippen molar-refractivity contribution in [1.29, 1.82) is 0 Å². The first-order valence-electron chi connectivity index (χ1n) is 8.68. The summed E-state index contributed by atoms with van der Waals surface area (Å²) in [6, 6.07) is 0. The van der Waals surface area contributed by atoms with E-state index in [0.717, 1.165) is 12.8 Å². The third-order valence-corrected chi connectivity index (χ3v) is 6.37. The first-order valence-corrected chi connectivity index (χ1v) is 9.56. The number of ether oxygens (including phenoxy) is 2. The Morgan fingerprint density at radius 2 is 2.19 bits per heavy atom. The number of amides is 1. The largest absolute Gasteiger partial charge is 0.519 e. The van der Waals surface area contributed by atoms with Crippen molar-refractivity contribution >= 4 is 23.6 Å². The second-order valence-corrected chi connectivity index (χ2v) is 7.87. The van der Waals surface area contributed by atoms with Crippen LogP contribution in [0.1, 0.15) is 31.3 Å². The number of hydrogen-bond donors (Lipinski definition) is 1. The molecule has 0 unspecified atom stereocenters. The van der Waals surface area contributed by atoms with E-state index in [2.05, 4.69) is 0 Å². The number of aryl methyl sites for hydroxylation is 1. The van der Waals surface area contributed by atoms with Crippen molar-refractivity contribution < 1.29 is 33.0 Å². The second-order valence-electron chi connectivity index (χ2n) is 6.71. The summed E-state index contributed by atoms with van der Waals surface area (Å²) in [7, 11) is 0. The fraction of sp³-hybridized carbons (Fsp3) is 0.588. The third kappa shape index (κ3) is 3.01. The van der Waals surface area contributed by atoms with Crippen molar-refractivity contribution in [3.63, 3.8) is 0 Å². The number of thioether (sulfide) groups is 1. The summed E-state index contributed by atoms with van der Waals surface area (Å²) in [6.45, 7) is 3.40. The SMILES string of the molecule is Cc1oc(=O)oc1COC(=O)C1=C([C@@H]2CCCO2)S[C@@H]2[C@@H]([C@H](C)O)C(=O)N12. The van der Waals surface area contributed by atoms with Gasteiger partial charge in [-0.25, -0.2) is 9.59 Å². The summed E-state index contributed by atoms with van der Waals surface area (Å²) in [6.07, 6.45) is 0.548. The lowest BCUT2D eigenvalue weighted by Gasteiger charge is -2.43. The van der Waals surface area contributed by atoms with Crippen LogP contribution in [-0.2, 0) is 25.7 Å². The van der Waals surface area contributed by atoms with Crippen LogP contribution in [-0.4, -0.2) is 46.1 Å². The number of fused-ring (bicyclic) bond motifs is 1. The number of carbonyl (C=O) groups is 2. The van der Waals surface area contributed by atoms with Crippen LogP contribution in [0.2, 0.25) is 0 Å². The molecule has 2 fully saturated rings. The van der Waals surface area contributed by atoms with E-state index in [0.29, 0.717) is 11.5 Å². The normalized spacial score (nSPS) is 28.3. The van der Waals surface area contributed by atoms with Crippen LogP contribution >= 0.6 is 11.8 Å². The number of aliphatic hydroxyl groups excluding tert-OH is 1. The van der Waals surface area contributed by atoms with E-state index in [-0.39, 0.29) is 41.2 Å². The van der Waals surface area contributed by atoms with E-state index in [9.17, 15) is 19.5 Å². The molecule has 1 N–H and O–H groups in total. The molecule has 27 heavy (non-hydrogen) atoms. The summed E-state index contributed by atoms with van der Waals surface area (Å²) in [5.41, 5.74) is 0.155. The number of hydrogen-bond acceptors (Lipinski definition) is 9. The van der Waals surface area contributed by atoms with Crippen molar-refractivity contribution in [1.82, 2.24) is 4.90 Å². The Labute approximate surface area is 158 Å². The Balaban J connectivity index is 1.57. The zero-order valence-electron chi connectivity index (χ0n) is 14.8.